The molecule has 2 heterocycles. The smallest absolute Gasteiger partial charge is 0.229 e. The molecule has 28 heavy (non-hydrogen) atoms. The molecule has 10 heteroatoms. The number of rotatable bonds is 2. The summed E-state index contributed by atoms with van der Waals surface area (Å²) in [6.07, 6.45) is 0. The number of aliphatic imine (C=N–C) groups is 1. The van der Waals surface area contributed by atoms with Crippen molar-refractivity contribution < 1.29 is 9.13 Å². The van der Waals surface area contributed by atoms with Crippen LogP contribution in [-0.4, -0.2) is 52.2 Å². The quantitative estimate of drug-likeness (QED) is 0.436. The maximum Gasteiger partial charge on any atom is 0.229 e. The molecule has 148 valence electrons. The molecule has 2 N–H and O–H groups in total. The lowest BCUT2D eigenvalue weighted by molar-refractivity contribution is 0.0680. The van der Waals surface area contributed by atoms with Crippen molar-refractivity contribution >= 4 is 46.5 Å². The molecule has 3 rings (SSSR count). The van der Waals surface area contributed by atoms with Gasteiger partial charge in [-0.3, -0.25) is 5.32 Å². The van der Waals surface area contributed by atoms with Crippen molar-refractivity contribution in [2.45, 2.75) is 13.8 Å². The highest BCUT2D eigenvalue weighted by Crippen LogP contribution is 2.19. The number of aryl methyl sites for hydroxylation is 2. The number of aromatic nitrogens is 2. The minimum Gasteiger partial charge on any atom is -0.378 e. The molecule has 7 nitrogen and oxygen atoms in total. The molecule has 1 aromatic heterocycles. The van der Waals surface area contributed by atoms with Gasteiger partial charge in [0.25, 0.3) is 0 Å². The summed E-state index contributed by atoms with van der Waals surface area (Å²) in [5, 5.41) is 6.30. The van der Waals surface area contributed by atoms with E-state index in [1.165, 1.54) is 18.2 Å². The molecule has 0 bridgehead atoms. The van der Waals surface area contributed by atoms with Crippen LogP contribution in [0.1, 0.15) is 11.4 Å². The average Bonchev–Trinajstić information content (AvgIpc) is 2.64. The van der Waals surface area contributed by atoms with E-state index in [0.29, 0.717) is 43.9 Å². The minimum absolute atomic E-state index is 0.00643. The largest absolute Gasteiger partial charge is 0.378 e. The van der Waals surface area contributed by atoms with Crippen LogP contribution in [0.4, 0.5) is 16.0 Å². The molecule has 2 aromatic rings. The van der Waals surface area contributed by atoms with E-state index in [4.69, 9.17) is 28.6 Å². The van der Waals surface area contributed by atoms with Crippen LogP contribution in [0.2, 0.25) is 5.02 Å². The van der Waals surface area contributed by atoms with Crippen molar-refractivity contribution in [3.05, 3.63) is 46.5 Å². The summed E-state index contributed by atoms with van der Waals surface area (Å²) in [4.78, 5) is 15.3. The van der Waals surface area contributed by atoms with E-state index < -0.39 is 5.82 Å². The van der Waals surface area contributed by atoms with Crippen LogP contribution < -0.4 is 10.6 Å². The number of hydrogen-bond acceptors (Lipinski definition) is 4. The molecule has 0 atom stereocenters. The highest BCUT2D eigenvalue weighted by atomic mass is 35.5. The van der Waals surface area contributed by atoms with E-state index in [2.05, 4.69) is 25.6 Å². The predicted octanol–water partition coefficient (Wildman–Crippen LogP) is 3.38. The standard InChI is InChI=1S/C18H20ClFN6OS/c1-11-9-12(2)22-16(21-11)24-17(26-5-7-27-8-6-26)25-18(28)23-13-3-4-15(20)14(19)10-13/h3-4,9-10H,5-8H2,1-2H3,(H2,21,22,23,24,25,28). The molecule has 1 fully saturated rings. The van der Waals surface area contributed by atoms with Gasteiger partial charge in [-0.2, -0.15) is 4.99 Å². The van der Waals surface area contributed by atoms with Crippen molar-refractivity contribution in [1.29, 1.82) is 0 Å². The van der Waals surface area contributed by atoms with E-state index in [9.17, 15) is 4.39 Å². The van der Waals surface area contributed by atoms with Crippen LogP contribution in [0.25, 0.3) is 0 Å². The van der Waals surface area contributed by atoms with E-state index in [1.54, 1.807) is 0 Å². The molecule has 1 aliphatic rings. The van der Waals surface area contributed by atoms with Crippen LogP contribution in [0.3, 0.4) is 0 Å². The normalized spacial score (nSPS) is 14.7. The number of benzene rings is 1. The first kappa shape index (κ1) is 20.4. The second-order valence-corrected chi connectivity index (χ2v) is 6.99. The number of anilines is 2. The third kappa shape index (κ3) is 5.57. The zero-order chi connectivity index (χ0) is 20.1. The molecular weight excluding hydrogens is 403 g/mol. The average molecular weight is 423 g/mol. The van der Waals surface area contributed by atoms with E-state index in [1.807, 2.05) is 24.8 Å². The topological polar surface area (TPSA) is 74.7 Å². The van der Waals surface area contributed by atoms with E-state index in [-0.39, 0.29) is 10.1 Å². The molecule has 0 spiro atoms. The molecule has 0 radical (unpaired) electrons. The van der Waals surface area contributed by atoms with Gasteiger partial charge in [-0.25, -0.2) is 14.4 Å². The Kier molecular flexibility index (Phi) is 6.71. The third-order valence-electron chi connectivity index (χ3n) is 3.89. The lowest BCUT2D eigenvalue weighted by Crippen LogP contribution is -2.45. The Hall–Kier alpha value is -2.36. The number of thiocarbonyl (C=S) groups is 1. The molecule has 1 aromatic carbocycles. The second-order valence-electron chi connectivity index (χ2n) is 6.19. The first-order chi connectivity index (χ1) is 13.4. The SMILES string of the molecule is Cc1cc(C)nc(N/C(=N/C(=S)Nc2ccc(F)c(Cl)c2)N2CCOCC2)n1. The fraction of sp³-hybridized carbons (Fsp3) is 0.333. The molecule has 1 saturated heterocycles. The molecule has 0 aliphatic carbocycles. The Morgan fingerprint density at radius 3 is 2.50 bits per heavy atom. The Balaban J connectivity index is 1.82. The van der Waals surface area contributed by atoms with Gasteiger partial charge in [-0.1, -0.05) is 11.6 Å². The summed E-state index contributed by atoms with van der Waals surface area (Å²) >= 11 is 11.2. The van der Waals surface area contributed by atoms with Gasteiger partial charge in [0.05, 0.1) is 18.2 Å². The van der Waals surface area contributed by atoms with Crippen LogP contribution in [0, 0.1) is 19.7 Å². The van der Waals surface area contributed by atoms with Gasteiger partial charge in [0.15, 0.2) is 0 Å². The van der Waals surface area contributed by atoms with Gasteiger partial charge in [-0.15, -0.1) is 0 Å². The third-order valence-corrected chi connectivity index (χ3v) is 4.38. The zero-order valence-electron chi connectivity index (χ0n) is 15.5. The summed E-state index contributed by atoms with van der Waals surface area (Å²) in [5.74, 6) is 0.457. The Labute approximate surface area is 173 Å². The van der Waals surface area contributed by atoms with Gasteiger partial charge in [0.2, 0.25) is 17.0 Å². The molecule has 0 amide bonds. The van der Waals surface area contributed by atoms with Crippen LogP contribution in [0.5, 0.6) is 0 Å². The summed E-state index contributed by atoms with van der Waals surface area (Å²) in [5.41, 5.74) is 2.24. The number of hydrogen-bond donors (Lipinski definition) is 2. The monoisotopic (exact) mass is 422 g/mol. The highest BCUT2D eigenvalue weighted by Gasteiger charge is 2.17. The number of morpholine rings is 1. The summed E-state index contributed by atoms with van der Waals surface area (Å²) in [6.45, 7) is 6.28. The van der Waals surface area contributed by atoms with E-state index in [0.717, 1.165) is 11.4 Å². The summed E-state index contributed by atoms with van der Waals surface area (Å²) < 4.78 is 18.7. The molecule has 0 saturated carbocycles. The number of nitrogens with one attached hydrogen (secondary N) is 2. The maximum absolute atomic E-state index is 13.3. The highest BCUT2D eigenvalue weighted by molar-refractivity contribution is 7.80. The van der Waals surface area contributed by atoms with Crippen molar-refractivity contribution in [2.24, 2.45) is 4.99 Å². The van der Waals surface area contributed by atoms with Gasteiger partial charge in [0.1, 0.15) is 5.82 Å². The van der Waals surface area contributed by atoms with Crippen molar-refractivity contribution in [1.82, 2.24) is 14.9 Å². The molecule has 1 aliphatic heterocycles. The van der Waals surface area contributed by atoms with Crippen molar-refractivity contribution in [3.8, 4) is 0 Å². The Morgan fingerprint density at radius 1 is 1.18 bits per heavy atom. The molecule has 0 unspecified atom stereocenters. The number of guanidine groups is 1. The van der Waals surface area contributed by atoms with Crippen LogP contribution in [0.15, 0.2) is 29.3 Å². The number of ether oxygens (including phenoxy) is 1. The van der Waals surface area contributed by atoms with E-state index >= 15 is 0 Å². The minimum atomic E-state index is -0.496. The molecular formula is C18H20ClFN6OS. The first-order valence-electron chi connectivity index (χ1n) is 8.67. The lowest BCUT2D eigenvalue weighted by Gasteiger charge is -2.29. The van der Waals surface area contributed by atoms with Crippen LogP contribution >= 0.6 is 23.8 Å². The first-order valence-corrected chi connectivity index (χ1v) is 9.46. The lowest BCUT2D eigenvalue weighted by atomic mass is 10.3. The van der Waals surface area contributed by atoms with Gasteiger partial charge < -0.3 is 15.0 Å². The summed E-state index contributed by atoms with van der Waals surface area (Å²) in [7, 11) is 0. The Bertz CT molecular complexity index is 883. The maximum atomic E-state index is 13.3. The predicted molar refractivity (Wildman–Crippen MR) is 113 cm³/mol. The second kappa shape index (κ2) is 9.22. The van der Waals surface area contributed by atoms with Crippen molar-refractivity contribution in [2.75, 3.05) is 36.9 Å². The zero-order valence-corrected chi connectivity index (χ0v) is 17.1. The van der Waals surface area contributed by atoms with Crippen LogP contribution in [-0.2, 0) is 4.74 Å². The van der Waals surface area contributed by atoms with Crippen molar-refractivity contribution in [3.63, 3.8) is 0 Å². The number of halogens is 2. The van der Waals surface area contributed by atoms with Gasteiger partial charge in [0, 0.05) is 30.2 Å². The summed E-state index contributed by atoms with van der Waals surface area (Å²) in [6, 6.07) is 6.15. The fourth-order valence-electron chi connectivity index (χ4n) is 2.66. The van der Waals surface area contributed by atoms with Gasteiger partial charge >= 0.3 is 0 Å². The van der Waals surface area contributed by atoms with Gasteiger partial charge in [-0.05, 0) is 50.3 Å². The fourth-order valence-corrected chi connectivity index (χ4v) is 3.04. The Morgan fingerprint density at radius 2 is 1.86 bits per heavy atom. The number of nitrogens with zero attached hydrogens (tertiary/aromatic N) is 4.